The Morgan fingerprint density at radius 3 is 3.00 bits per heavy atom. The van der Waals surface area contributed by atoms with Crippen molar-refractivity contribution in [3.8, 4) is 5.75 Å². The third kappa shape index (κ3) is 3.02. The number of hydrogen-bond acceptors (Lipinski definition) is 3. The number of benzene rings is 1. The van der Waals surface area contributed by atoms with Crippen LogP contribution < -0.4 is 10.5 Å². The average Bonchev–Trinajstić information content (AvgIpc) is 2.93. The molecule has 1 heterocycles. The van der Waals surface area contributed by atoms with Gasteiger partial charge in [0.05, 0.1) is 19.3 Å². The summed E-state index contributed by atoms with van der Waals surface area (Å²) >= 11 is 3.58. The van der Waals surface area contributed by atoms with Gasteiger partial charge in [-0.1, -0.05) is 28.8 Å². The molecule has 0 saturated heterocycles. The Morgan fingerprint density at radius 2 is 2.15 bits per heavy atom. The van der Waals surface area contributed by atoms with E-state index in [1.165, 1.54) is 24.8 Å². The second-order valence-electron chi connectivity index (χ2n) is 5.78. The van der Waals surface area contributed by atoms with Crippen LogP contribution >= 0.6 is 15.9 Å². The van der Waals surface area contributed by atoms with Crippen LogP contribution in [0.4, 0.5) is 0 Å². The fraction of sp³-hybridized carbons (Fsp3) is 0.625. The Bertz CT molecular complexity index is 478. The lowest BCUT2D eigenvalue weighted by Gasteiger charge is -2.30. The van der Waals surface area contributed by atoms with Crippen LogP contribution in [0.1, 0.15) is 36.8 Å². The molecule has 1 saturated carbocycles. The topological polar surface area (TPSA) is 44.5 Å². The molecule has 3 rings (SSSR count). The van der Waals surface area contributed by atoms with E-state index in [1.54, 1.807) is 0 Å². The number of ether oxygens (including phenoxy) is 2. The predicted octanol–water partition coefficient (Wildman–Crippen LogP) is 3.42. The normalized spacial score (nSPS) is 25.3. The monoisotopic (exact) mass is 339 g/mol. The van der Waals surface area contributed by atoms with Crippen molar-refractivity contribution >= 4 is 15.9 Å². The quantitative estimate of drug-likeness (QED) is 0.913. The van der Waals surface area contributed by atoms with Crippen LogP contribution in [0.25, 0.3) is 0 Å². The lowest BCUT2D eigenvalue weighted by atomic mass is 9.86. The van der Waals surface area contributed by atoms with Gasteiger partial charge in [0.2, 0.25) is 0 Å². The second kappa shape index (κ2) is 6.46. The van der Waals surface area contributed by atoms with Crippen molar-refractivity contribution in [3.05, 3.63) is 27.7 Å². The Morgan fingerprint density at radius 1 is 1.30 bits per heavy atom. The molecule has 1 aliphatic heterocycles. The molecular formula is C16H22BrNO2. The smallest absolute Gasteiger partial charge is 0.128 e. The first-order valence-corrected chi connectivity index (χ1v) is 8.33. The fourth-order valence-corrected chi connectivity index (χ4v) is 3.87. The molecule has 2 atom stereocenters. The van der Waals surface area contributed by atoms with Gasteiger partial charge in [-0.15, -0.1) is 0 Å². The van der Waals surface area contributed by atoms with Gasteiger partial charge in [-0.3, -0.25) is 0 Å². The van der Waals surface area contributed by atoms with Crippen LogP contribution in [0, 0.1) is 5.92 Å². The Kier molecular flexibility index (Phi) is 4.64. The van der Waals surface area contributed by atoms with Crippen molar-refractivity contribution < 1.29 is 9.47 Å². The van der Waals surface area contributed by atoms with Gasteiger partial charge in [-0.05, 0) is 43.0 Å². The minimum absolute atomic E-state index is 0.310. The highest BCUT2D eigenvalue weighted by atomic mass is 79.9. The Labute approximate surface area is 129 Å². The molecule has 4 heteroatoms. The zero-order chi connectivity index (χ0) is 13.9. The molecule has 1 aromatic rings. The number of rotatable bonds is 4. The Hall–Kier alpha value is -0.580. The van der Waals surface area contributed by atoms with E-state index in [1.807, 2.05) is 0 Å². The highest BCUT2D eigenvalue weighted by Crippen LogP contribution is 2.34. The molecule has 3 nitrogen and oxygen atoms in total. The summed E-state index contributed by atoms with van der Waals surface area (Å²) in [7, 11) is 0. The molecule has 110 valence electrons. The van der Waals surface area contributed by atoms with Crippen LogP contribution in [0.5, 0.6) is 5.75 Å². The summed E-state index contributed by atoms with van der Waals surface area (Å²) in [6.07, 6.45) is 6.19. The zero-order valence-corrected chi connectivity index (χ0v) is 13.3. The molecule has 0 spiro atoms. The summed E-state index contributed by atoms with van der Waals surface area (Å²) < 4.78 is 13.0. The molecule has 1 fully saturated rings. The maximum atomic E-state index is 6.17. The van der Waals surface area contributed by atoms with E-state index >= 15 is 0 Å². The summed E-state index contributed by atoms with van der Waals surface area (Å²) in [4.78, 5) is 0. The van der Waals surface area contributed by atoms with Crippen molar-refractivity contribution in [2.75, 3.05) is 13.2 Å². The van der Waals surface area contributed by atoms with E-state index in [9.17, 15) is 0 Å². The fourth-order valence-electron chi connectivity index (χ4n) is 3.31. The largest absolute Gasteiger partial charge is 0.493 e. The van der Waals surface area contributed by atoms with Gasteiger partial charge < -0.3 is 15.2 Å². The standard InChI is InChI=1S/C16H22BrNO2/c17-14-7-11-5-6-19-16(11)13(8-14)10-20-15-4-2-1-3-12(15)9-18/h7-8,12,15H,1-6,9-10,18H2. The van der Waals surface area contributed by atoms with Gasteiger partial charge in [0.1, 0.15) is 5.75 Å². The van der Waals surface area contributed by atoms with Gasteiger partial charge in [-0.25, -0.2) is 0 Å². The summed E-state index contributed by atoms with van der Waals surface area (Å²) in [5.74, 6) is 1.55. The molecule has 1 aliphatic carbocycles. The SMILES string of the molecule is NCC1CCCCC1OCc1cc(Br)cc2c1OCC2. The van der Waals surface area contributed by atoms with Gasteiger partial charge in [0.25, 0.3) is 0 Å². The Balaban J connectivity index is 1.69. The lowest BCUT2D eigenvalue weighted by molar-refractivity contribution is -0.0189. The van der Waals surface area contributed by atoms with E-state index in [2.05, 4.69) is 28.1 Å². The van der Waals surface area contributed by atoms with Crippen molar-refractivity contribution in [2.24, 2.45) is 11.7 Å². The van der Waals surface area contributed by atoms with Gasteiger partial charge in [0, 0.05) is 16.5 Å². The molecule has 0 aromatic heterocycles. The van der Waals surface area contributed by atoms with E-state index in [0.717, 1.165) is 41.8 Å². The third-order valence-corrected chi connectivity index (χ3v) is 4.88. The van der Waals surface area contributed by atoms with Gasteiger partial charge >= 0.3 is 0 Å². The van der Waals surface area contributed by atoms with E-state index in [-0.39, 0.29) is 0 Å². The minimum atomic E-state index is 0.310. The molecule has 2 aliphatic rings. The van der Waals surface area contributed by atoms with Crippen molar-refractivity contribution in [1.29, 1.82) is 0 Å². The maximum absolute atomic E-state index is 6.17. The number of fused-ring (bicyclic) bond motifs is 1. The first kappa shape index (κ1) is 14.4. The zero-order valence-electron chi connectivity index (χ0n) is 11.7. The van der Waals surface area contributed by atoms with Crippen molar-refractivity contribution in [2.45, 2.75) is 44.8 Å². The molecule has 0 bridgehead atoms. The number of hydrogen-bond donors (Lipinski definition) is 1. The average molecular weight is 340 g/mol. The molecule has 1 aromatic carbocycles. The predicted molar refractivity (Wildman–Crippen MR) is 82.9 cm³/mol. The second-order valence-corrected chi connectivity index (χ2v) is 6.70. The minimum Gasteiger partial charge on any atom is -0.493 e. The first-order chi connectivity index (χ1) is 9.78. The van der Waals surface area contributed by atoms with E-state index in [4.69, 9.17) is 15.2 Å². The molecule has 0 radical (unpaired) electrons. The van der Waals surface area contributed by atoms with Crippen LogP contribution in [0.15, 0.2) is 16.6 Å². The maximum Gasteiger partial charge on any atom is 0.128 e. The van der Waals surface area contributed by atoms with Gasteiger partial charge in [0.15, 0.2) is 0 Å². The summed E-state index contributed by atoms with van der Waals surface area (Å²) in [5, 5.41) is 0. The van der Waals surface area contributed by atoms with Crippen LogP contribution in [0.2, 0.25) is 0 Å². The summed E-state index contributed by atoms with van der Waals surface area (Å²) in [5.41, 5.74) is 8.31. The molecule has 2 unspecified atom stereocenters. The van der Waals surface area contributed by atoms with Crippen LogP contribution in [-0.4, -0.2) is 19.3 Å². The third-order valence-electron chi connectivity index (χ3n) is 4.42. The van der Waals surface area contributed by atoms with Gasteiger partial charge in [-0.2, -0.15) is 0 Å². The van der Waals surface area contributed by atoms with Crippen molar-refractivity contribution in [1.82, 2.24) is 0 Å². The van der Waals surface area contributed by atoms with Crippen LogP contribution in [-0.2, 0) is 17.8 Å². The number of nitrogens with two attached hydrogens (primary N) is 1. The molecule has 20 heavy (non-hydrogen) atoms. The highest BCUT2D eigenvalue weighted by molar-refractivity contribution is 9.10. The van der Waals surface area contributed by atoms with E-state index < -0.39 is 0 Å². The highest BCUT2D eigenvalue weighted by Gasteiger charge is 2.25. The van der Waals surface area contributed by atoms with E-state index in [0.29, 0.717) is 18.6 Å². The summed E-state index contributed by atoms with van der Waals surface area (Å²) in [6.45, 7) is 2.15. The number of halogens is 1. The molecule has 0 amide bonds. The lowest BCUT2D eigenvalue weighted by Crippen LogP contribution is -2.33. The van der Waals surface area contributed by atoms with Crippen LogP contribution in [0.3, 0.4) is 0 Å². The molecule has 2 N–H and O–H groups in total. The summed E-state index contributed by atoms with van der Waals surface area (Å²) in [6, 6.07) is 4.26. The molecular weight excluding hydrogens is 318 g/mol. The van der Waals surface area contributed by atoms with Crippen molar-refractivity contribution in [3.63, 3.8) is 0 Å². The first-order valence-electron chi connectivity index (χ1n) is 7.53.